The van der Waals surface area contributed by atoms with Crippen molar-refractivity contribution in [1.82, 2.24) is 4.98 Å². The summed E-state index contributed by atoms with van der Waals surface area (Å²) in [6.45, 7) is 5.95. The molecule has 1 fully saturated rings. The molecule has 17 heavy (non-hydrogen) atoms. The number of carbonyl (C=O) groups excluding carboxylic acids is 1. The van der Waals surface area contributed by atoms with Gasteiger partial charge in [-0.3, -0.25) is 4.79 Å². The number of aromatic nitrogens is 1. The predicted octanol–water partition coefficient (Wildman–Crippen LogP) is 2.39. The molecule has 1 aliphatic carbocycles. The summed E-state index contributed by atoms with van der Waals surface area (Å²) in [4.78, 5) is 15.9. The lowest BCUT2D eigenvalue weighted by atomic mass is 10.1. The summed E-state index contributed by atoms with van der Waals surface area (Å²) in [5.41, 5.74) is 0.534. The minimum Gasteiger partial charge on any atom is -0.473 e. The van der Waals surface area contributed by atoms with Crippen LogP contribution in [0.2, 0.25) is 0 Å². The SMILES string of the molecule is C=CCOc1ccc(NC(=O)C2(C)CC2)cn1. The highest BCUT2D eigenvalue weighted by Crippen LogP contribution is 2.45. The Balaban J connectivity index is 1.93. The van der Waals surface area contributed by atoms with Crippen LogP contribution in [0.5, 0.6) is 5.88 Å². The predicted molar refractivity (Wildman–Crippen MR) is 65.9 cm³/mol. The molecule has 0 unspecified atom stereocenters. The van der Waals surface area contributed by atoms with Crippen molar-refractivity contribution in [3.05, 3.63) is 31.0 Å². The molecular weight excluding hydrogens is 216 g/mol. The number of carbonyl (C=O) groups is 1. The Morgan fingerprint density at radius 2 is 2.41 bits per heavy atom. The third-order valence-corrected chi connectivity index (χ3v) is 2.89. The van der Waals surface area contributed by atoms with Crippen LogP contribution < -0.4 is 10.1 Å². The Morgan fingerprint density at radius 3 is 2.94 bits per heavy atom. The van der Waals surface area contributed by atoms with E-state index in [9.17, 15) is 4.79 Å². The van der Waals surface area contributed by atoms with Gasteiger partial charge in [-0.2, -0.15) is 0 Å². The first-order valence-electron chi connectivity index (χ1n) is 5.65. The number of nitrogens with zero attached hydrogens (tertiary/aromatic N) is 1. The molecule has 0 aliphatic heterocycles. The first-order valence-corrected chi connectivity index (χ1v) is 5.65. The molecule has 0 radical (unpaired) electrons. The zero-order valence-corrected chi connectivity index (χ0v) is 9.90. The molecule has 4 heteroatoms. The Hall–Kier alpha value is -1.84. The molecule has 4 nitrogen and oxygen atoms in total. The van der Waals surface area contributed by atoms with Crippen molar-refractivity contribution in [2.45, 2.75) is 19.8 Å². The third-order valence-electron chi connectivity index (χ3n) is 2.89. The van der Waals surface area contributed by atoms with E-state index in [0.717, 1.165) is 12.8 Å². The van der Waals surface area contributed by atoms with Crippen LogP contribution in [0.4, 0.5) is 5.69 Å². The Bertz CT molecular complexity index is 422. The Labute approximate surface area is 101 Å². The van der Waals surface area contributed by atoms with Gasteiger partial charge in [0.2, 0.25) is 11.8 Å². The summed E-state index contributed by atoms with van der Waals surface area (Å²) in [5.74, 6) is 0.597. The van der Waals surface area contributed by atoms with Gasteiger partial charge in [-0.15, -0.1) is 0 Å². The molecule has 1 aliphatic rings. The van der Waals surface area contributed by atoms with Gasteiger partial charge in [0.15, 0.2) is 0 Å². The van der Waals surface area contributed by atoms with Gasteiger partial charge in [0.1, 0.15) is 6.61 Å². The van der Waals surface area contributed by atoms with Crippen molar-refractivity contribution in [2.24, 2.45) is 5.41 Å². The number of hydrogen-bond acceptors (Lipinski definition) is 3. The van der Waals surface area contributed by atoms with E-state index in [1.165, 1.54) is 0 Å². The first-order chi connectivity index (χ1) is 8.14. The fourth-order valence-corrected chi connectivity index (χ4v) is 1.38. The van der Waals surface area contributed by atoms with Crippen molar-refractivity contribution >= 4 is 11.6 Å². The zero-order valence-electron chi connectivity index (χ0n) is 9.90. The molecule has 0 saturated heterocycles. The van der Waals surface area contributed by atoms with Gasteiger partial charge in [-0.25, -0.2) is 4.98 Å². The van der Waals surface area contributed by atoms with Gasteiger partial charge in [0.05, 0.1) is 11.9 Å². The maximum absolute atomic E-state index is 11.8. The van der Waals surface area contributed by atoms with Crippen molar-refractivity contribution < 1.29 is 9.53 Å². The largest absolute Gasteiger partial charge is 0.473 e. The standard InChI is InChI=1S/C13H16N2O2/c1-3-8-17-11-5-4-10(9-14-11)15-12(16)13(2)6-7-13/h3-5,9H,1,6-8H2,2H3,(H,15,16). The molecule has 1 aromatic heterocycles. The van der Waals surface area contributed by atoms with Crippen LogP contribution in [0, 0.1) is 5.41 Å². The quantitative estimate of drug-likeness (QED) is 0.793. The Kier molecular flexibility index (Phi) is 3.13. The molecule has 0 bridgehead atoms. The van der Waals surface area contributed by atoms with E-state index in [1.807, 2.05) is 6.92 Å². The average Bonchev–Trinajstić information content (AvgIpc) is 3.08. The molecule has 0 atom stereocenters. The van der Waals surface area contributed by atoms with Crippen LogP contribution in [0.15, 0.2) is 31.0 Å². The second-order valence-electron chi connectivity index (χ2n) is 4.50. The fourth-order valence-electron chi connectivity index (χ4n) is 1.38. The van der Waals surface area contributed by atoms with Crippen LogP contribution >= 0.6 is 0 Å². The molecule has 90 valence electrons. The maximum Gasteiger partial charge on any atom is 0.230 e. The van der Waals surface area contributed by atoms with Gasteiger partial charge in [0.25, 0.3) is 0 Å². The monoisotopic (exact) mass is 232 g/mol. The molecule has 0 spiro atoms. The second-order valence-corrected chi connectivity index (χ2v) is 4.50. The summed E-state index contributed by atoms with van der Waals surface area (Å²) in [7, 11) is 0. The number of hydrogen-bond donors (Lipinski definition) is 1. The second kappa shape index (κ2) is 4.57. The topological polar surface area (TPSA) is 51.2 Å². The van der Waals surface area contributed by atoms with E-state index >= 15 is 0 Å². The molecule has 1 heterocycles. The Morgan fingerprint density at radius 1 is 1.65 bits per heavy atom. The van der Waals surface area contributed by atoms with Gasteiger partial charge >= 0.3 is 0 Å². The summed E-state index contributed by atoms with van der Waals surface area (Å²) in [5, 5.41) is 2.85. The summed E-state index contributed by atoms with van der Waals surface area (Å²) < 4.78 is 5.25. The molecule has 1 amide bonds. The van der Waals surface area contributed by atoms with E-state index in [2.05, 4.69) is 16.9 Å². The highest BCUT2D eigenvalue weighted by molar-refractivity contribution is 5.96. The summed E-state index contributed by atoms with van der Waals surface area (Å²) in [6.07, 6.45) is 5.19. The van der Waals surface area contributed by atoms with Crippen LogP contribution in [-0.4, -0.2) is 17.5 Å². The van der Waals surface area contributed by atoms with Crippen molar-refractivity contribution in [1.29, 1.82) is 0 Å². The fraction of sp³-hybridized carbons (Fsp3) is 0.385. The minimum atomic E-state index is -0.169. The van der Waals surface area contributed by atoms with Crippen molar-refractivity contribution in [3.8, 4) is 5.88 Å². The molecule has 2 rings (SSSR count). The highest BCUT2D eigenvalue weighted by Gasteiger charge is 2.44. The number of pyridine rings is 1. The summed E-state index contributed by atoms with van der Waals surface area (Å²) in [6, 6.07) is 3.52. The van der Waals surface area contributed by atoms with Crippen molar-refractivity contribution in [2.75, 3.05) is 11.9 Å². The minimum absolute atomic E-state index is 0.0686. The lowest BCUT2D eigenvalue weighted by Crippen LogP contribution is -2.21. The lowest BCUT2D eigenvalue weighted by molar-refractivity contribution is -0.120. The average molecular weight is 232 g/mol. The normalized spacial score (nSPS) is 16.1. The van der Waals surface area contributed by atoms with E-state index in [0.29, 0.717) is 18.2 Å². The number of ether oxygens (including phenoxy) is 1. The van der Waals surface area contributed by atoms with Crippen LogP contribution in [0.25, 0.3) is 0 Å². The number of anilines is 1. The van der Waals surface area contributed by atoms with Gasteiger partial charge in [-0.1, -0.05) is 19.6 Å². The summed E-state index contributed by atoms with van der Waals surface area (Å²) >= 11 is 0. The third kappa shape index (κ3) is 2.84. The van der Waals surface area contributed by atoms with Gasteiger partial charge in [-0.05, 0) is 18.9 Å². The van der Waals surface area contributed by atoms with E-state index < -0.39 is 0 Å². The first kappa shape index (κ1) is 11.6. The number of amides is 1. The number of rotatable bonds is 5. The molecule has 1 N–H and O–H groups in total. The molecule has 1 saturated carbocycles. The van der Waals surface area contributed by atoms with Crippen molar-refractivity contribution in [3.63, 3.8) is 0 Å². The van der Waals surface area contributed by atoms with Crippen LogP contribution in [0.1, 0.15) is 19.8 Å². The van der Waals surface area contributed by atoms with Gasteiger partial charge < -0.3 is 10.1 Å². The lowest BCUT2D eigenvalue weighted by Gasteiger charge is -2.09. The van der Waals surface area contributed by atoms with E-state index in [4.69, 9.17) is 4.74 Å². The van der Waals surface area contributed by atoms with Crippen LogP contribution in [-0.2, 0) is 4.79 Å². The highest BCUT2D eigenvalue weighted by atomic mass is 16.5. The maximum atomic E-state index is 11.8. The molecule has 0 aromatic carbocycles. The van der Waals surface area contributed by atoms with Crippen LogP contribution in [0.3, 0.4) is 0 Å². The number of nitrogens with one attached hydrogen (secondary N) is 1. The van der Waals surface area contributed by atoms with E-state index in [-0.39, 0.29) is 11.3 Å². The molecule has 1 aromatic rings. The zero-order chi connectivity index (χ0) is 12.3. The van der Waals surface area contributed by atoms with E-state index in [1.54, 1.807) is 24.4 Å². The van der Waals surface area contributed by atoms with Gasteiger partial charge in [0, 0.05) is 11.5 Å². The molecular formula is C13H16N2O2. The smallest absolute Gasteiger partial charge is 0.230 e.